The summed E-state index contributed by atoms with van der Waals surface area (Å²) in [5.74, 6) is -0.112. The molecule has 0 saturated carbocycles. The number of aromatic hydroxyl groups is 1. The fraction of sp³-hybridized carbons (Fsp3) is 0.250. The Bertz CT molecular complexity index is 725. The Balaban J connectivity index is 2.28. The zero-order valence-electron chi connectivity index (χ0n) is 10.9. The van der Waals surface area contributed by atoms with Gasteiger partial charge in [-0.3, -0.25) is 4.72 Å². The van der Waals surface area contributed by atoms with Crippen LogP contribution in [0.2, 0.25) is 5.02 Å². The van der Waals surface area contributed by atoms with E-state index in [1.54, 1.807) is 4.57 Å². The van der Waals surface area contributed by atoms with Crippen molar-refractivity contribution in [2.45, 2.75) is 24.9 Å². The number of benzene rings is 1. The molecule has 0 bridgehead atoms. The van der Waals surface area contributed by atoms with E-state index in [-0.39, 0.29) is 27.5 Å². The average Bonchev–Trinajstić information content (AvgIpc) is 2.84. The van der Waals surface area contributed by atoms with Crippen molar-refractivity contribution in [3.8, 4) is 5.75 Å². The highest BCUT2D eigenvalue weighted by molar-refractivity contribution is 7.92. The van der Waals surface area contributed by atoms with Gasteiger partial charge in [-0.25, -0.2) is 4.98 Å². The summed E-state index contributed by atoms with van der Waals surface area (Å²) >= 11 is 5.73. The minimum Gasteiger partial charge on any atom is -0.506 e. The van der Waals surface area contributed by atoms with Gasteiger partial charge in [0.1, 0.15) is 5.75 Å². The number of hydrogen-bond acceptors (Lipinski definition) is 4. The first-order valence-electron chi connectivity index (χ1n) is 5.84. The van der Waals surface area contributed by atoms with Crippen LogP contribution in [0, 0.1) is 0 Å². The smallest absolute Gasteiger partial charge is 0.280 e. The van der Waals surface area contributed by atoms with Gasteiger partial charge in [0, 0.05) is 12.2 Å². The maximum atomic E-state index is 12.1. The van der Waals surface area contributed by atoms with Crippen LogP contribution in [-0.4, -0.2) is 23.1 Å². The second-order valence-corrected chi connectivity index (χ2v) is 6.56. The van der Waals surface area contributed by atoms with Gasteiger partial charge in [0.25, 0.3) is 10.0 Å². The summed E-state index contributed by atoms with van der Waals surface area (Å²) in [6.45, 7) is 3.84. The van der Waals surface area contributed by atoms with Gasteiger partial charge < -0.3 is 9.67 Å². The number of rotatable bonds is 4. The van der Waals surface area contributed by atoms with Crippen LogP contribution in [0.3, 0.4) is 0 Å². The van der Waals surface area contributed by atoms with Crippen LogP contribution >= 0.6 is 11.6 Å². The van der Waals surface area contributed by atoms with Crippen molar-refractivity contribution in [3.05, 3.63) is 35.7 Å². The van der Waals surface area contributed by atoms with Crippen molar-refractivity contribution < 1.29 is 13.5 Å². The largest absolute Gasteiger partial charge is 0.506 e. The van der Waals surface area contributed by atoms with Gasteiger partial charge in [0.15, 0.2) is 5.03 Å². The van der Waals surface area contributed by atoms with Crippen LogP contribution < -0.4 is 4.72 Å². The highest BCUT2D eigenvalue weighted by Crippen LogP contribution is 2.27. The van der Waals surface area contributed by atoms with Crippen molar-refractivity contribution >= 4 is 27.3 Å². The minimum absolute atomic E-state index is 0.0675. The van der Waals surface area contributed by atoms with Crippen molar-refractivity contribution in [1.82, 2.24) is 9.55 Å². The molecular formula is C12H14ClN3O3S. The number of sulfonamides is 1. The molecule has 0 radical (unpaired) electrons. The molecule has 1 aromatic heterocycles. The molecule has 20 heavy (non-hydrogen) atoms. The highest BCUT2D eigenvalue weighted by Gasteiger charge is 2.18. The summed E-state index contributed by atoms with van der Waals surface area (Å²) < 4.78 is 28.3. The lowest BCUT2D eigenvalue weighted by molar-refractivity contribution is 0.475. The minimum atomic E-state index is -3.78. The van der Waals surface area contributed by atoms with E-state index in [0.717, 1.165) is 0 Å². The third-order valence-corrected chi connectivity index (χ3v) is 4.22. The van der Waals surface area contributed by atoms with Crippen LogP contribution in [0.25, 0.3) is 0 Å². The second-order valence-electron chi connectivity index (χ2n) is 4.52. The summed E-state index contributed by atoms with van der Waals surface area (Å²) in [6, 6.07) is 4.17. The van der Waals surface area contributed by atoms with Crippen molar-refractivity contribution in [2.75, 3.05) is 4.72 Å². The number of nitrogens with zero attached hydrogens (tertiary/aromatic N) is 2. The van der Waals surface area contributed by atoms with Gasteiger partial charge in [-0.05, 0) is 32.0 Å². The number of nitrogens with one attached hydrogen (secondary N) is 1. The summed E-state index contributed by atoms with van der Waals surface area (Å²) in [5, 5.41) is 9.29. The molecule has 0 aliphatic carbocycles. The first-order chi connectivity index (χ1) is 9.29. The Morgan fingerprint density at radius 1 is 1.40 bits per heavy atom. The van der Waals surface area contributed by atoms with E-state index in [0.29, 0.717) is 0 Å². The lowest BCUT2D eigenvalue weighted by Crippen LogP contribution is -2.13. The van der Waals surface area contributed by atoms with Crippen molar-refractivity contribution in [1.29, 1.82) is 0 Å². The van der Waals surface area contributed by atoms with E-state index in [9.17, 15) is 13.5 Å². The molecule has 0 aliphatic rings. The second kappa shape index (κ2) is 5.34. The van der Waals surface area contributed by atoms with Crippen molar-refractivity contribution in [2.24, 2.45) is 0 Å². The van der Waals surface area contributed by atoms with E-state index >= 15 is 0 Å². The van der Waals surface area contributed by atoms with Crippen LogP contribution in [0.1, 0.15) is 19.9 Å². The number of aromatic nitrogens is 2. The molecule has 2 rings (SSSR count). The number of phenols is 1. The van der Waals surface area contributed by atoms with Crippen LogP contribution in [0.15, 0.2) is 35.7 Å². The molecule has 2 aromatic rings. The van der Waals surface area contributed by atoms with E-state index in [2.05, 4.69) is 9.71 Å². The quantitative estimate of drug-likeness (QED) is 0.849. The summed E-state index contributed by atoms with van der Waals surface area (Å²) in [4.78, 5) is 3.88. The molecule has 0 amide bonds. The van der Waals surface area contributed by atoms with Crippen LogP contribution in [0.4, 0.5) is 5.69 Å². The predicted octanol–water partition coefficient (Wildman–Crippen LogP) is 2.62. The molecule has 0 atom stereocenters. The van der Waals surface area contributed by atoms with E-state index in [1.165, 1.54) is 30.7 Å². The Labute approximate surface area is 122 Å². The number of halogens is 1. The van der Waals surface area contributed by atoms with Crippen molar-refractivity contribution in [3.63, 3.8) is 0 Å². The Kier molecular flexibility index (Phi) is 3.92. The van der Waals surface area contributed by atoms with Gasteiger partial charge >= 0.3 is 0 Å². The van der Waals surface area contributed by atoms with Gasteiger partial charge in [0.05, 0.1) is 17.0 Å². The van der Waals surface area contributed by atoms with Crippen LogP contribution in [-0.2, 0) is 10.0 Å². The SMILES string of the molecule is CC(C)n1cnc(S(=O)(=O)Nc2ccc(O)c(Cl)c2)c1. The fourth-order valence-electron chi connectivity index (χ4n) is 1.52. The Morgan fingerprint density at radius 2 is 2.10 bits per heavy atom. The van der Waals surface area contributed by atoms with Gasteiger partial charge in [-0.15, -0.1) is 0 Å². The first kappa shape index (κ1) is 14.7. The third kappa shape index (κ3) is 3.05. The lowest BCUT2D eigenvalue weighted by atomic mass is 10.3. The van der Waals surface area contributed by atoms with Gasteiger partial charge in [-0.1, -0.05) is 11.6 Å². The molecular weight excluding hydrogens is 302 g/mol. The molecule has 1 aromatic carbocycles. The number of hydrogen-bond donors (Lipinski definition) is 2. The summed E-state index contributed by atoms with van der Waals surface area (Å²) in [5.41, 5.74) is 0.256. The summed E-state index contributed by atoms with van der Waals surface area (Å²) in [6.07, 6.45) is 2.91. The molecule has 1 heterocycles. The molecule has 0 spiro atoms. The number of imidazole rings is 1. The molecule has 0 unspecified atom stereocenters. The van der Waals surface area contributed by atoms with Gasteiger partial charge in [0.2, 0.25) is 0 Å². The topological polar surface area (TPSA) is 84.2 Å². The standard InChI is InChI=1S/C12H14ClN3O3S/c1-8(2)16-6-12(14-7-16)20(18,19)15-9-3-4-11(17)10(13)5-9/h3-8,15,17H,1-2H3. The number of anilines is 1. The first-order valence-corrected chi connectivity index (χ1v) is 7.70. The number of phenolic OH excluding ortho intramolecular Hbond substituents is 1. The molecule has 0 fully saturated rings. The zero-order chi connectivity index (χ0) is 14.9. The van der Waals surface area contributed by atoms with Gasteiger partial charge in [-0.2, -0.15) is 8.42 Å². The Morgan fingerprint density at radius 3 is 2.65 bits per heavy atom. The average molecular weight is 316 g/mol. The molecule has 108 valence electrons. The lowest BCUT2D eigenvalue weighted by Gasteiger charge is -2.07. The Hall–Kier alpha value is -1.73. The zero-order valence-corrected chi connectivity index (χ0v) is 12.5. The maximum Gasteiger partial charge on any atom is 0.280 e. The normalized spacial score (nSPS) is 11.8. The predicted molar refractivity (Wildman–Crippen MR) is 76.5 cm³/mol. The molecule has 0 aliphatic heterocycles. The summed E-state index contributed by atoms with van der Waals surface area (Å²) in [7, 11) is -3.78. The van der Waals surface area contributed by atoms with E-state index in [1.807, 2.05) is 13.8 Å². The molecule has 6 nitrogen and oxygen atoms in total. The van der Waals surface area contributed by atoms with E-state index < -0.39 is 10.0 Å². The maximum absolute atomic E-state index is 12.1. The molecule has 8 heteroatoms. The monoisotopic (exact) mass is 315 g/mol. The van der Waals surface area contributed by atoms with E-state index in [4.69, 9.17) is 11.6 Å². The molecule has 2 N–H and O–H groups in total. The highest BCUT2D eigenvalue weighted by atomic mass is 35.5. The molecule has 0 saturated heterocycles. The van der Waals surface area contributed by atoms with Crippen LogP contribution in [0.5, 0.6) is 5.75 Å². The fourth-order valence-corrected chi connectivity index (χ4v) is 2.69. The third-order valence-electron chi connectivity index (χ3n) is 2.65.